The van der Waals surface area contributed by atoms with Gasteiger partial charge in [0.05, 0.1) is 19.9 Å². The van der Waals surface area contributed by atoms with Gasteiger partial charge in [-0.25, -0.2) is 0 Å². The summed E-state index contributed by atoms with van der Waals surface area (Å²) in [5.74, 6) is 1.01. The minimum Gasteiger partial charge on any atom is -0.497 e. The molecule has 2 aromatic carbocycles. The summed E-state index contributed by atoms with van der Waals surface area (Å²) in [5, 5.41) is 2.80. The van der Waals surface area contributed by atoms with Crippen molar-refractivity contribution in [3.63, 3.8) is 0 Å². The maximum Gasteiger partial charge on any atom is 0.248 e. The highest BCUT2D eigenvalue weighted by atomic mass is 16.5. The number of benzene rings is 2. The second-order valence-electron chi connectivity index (χ2n) is 4.98. The van der Waals surface area contributed by atoms with Crippen LogP contribution in [0.25, 0.3) is 6.08 Å². The Balaban J connectivity index is 2.05. The second kappa shape index (κ2) is 8.03. The highest BCUT2D eigenvalue weighted by molar-refractivity contribution is 6.02. The topological polar surface area (TPSA) is 47.6 Å². The van der Waals surface area contributed by atoms with E-state index in [4.69, 9.17) is 9.47 Å². The first-order valence-corrected chi connectivity index (χ1v) is 7.46. The van der Waals surface area contributed by atoms with E-state index in [0.29, 0.717) is 17.2 Å². The van der Waals surface area contributed by atoms with Crippen molar-refractivity contribution in [3.05, 3.63) is 59.7 Å². The Labute approximate surface area is 136 Å². The number of anilines is 1. The fourth-order valence-corrected chi connectivity index (χ4v) is 2.11. The van der Waals surface area contributed by atoms with Gasteiger partial charge in [0.1, 0.15) is 11.5 Å². The van der Waals surface area contributed by atoms with Crippen LogP contribution in [0.4, 0.5) is 5.69 Å². The van der Waals surface area contributed by atoms with Crippen LogP contribution in [-0.2, 0) is 11.2 Å². The molecule has 0 heterocycles. The molecule has 0 aliphatic heterocycles. The van der Waals surface area contributed by atoms with Crippen molar-refractivity contribution in [1.29, 1.82) is 0 Å². The van der Waals surface area contributed by atoms with Crippen LogP contribution in [0.1, 0.15) is 18.1 Å². The van der Waals surface area contributed by atoms with E-state index in [1.807, 2.05) is 12.1 Å². The van der Waals surface area contributed by atoms with Crippen molar-refractivity contribution >= 4 is 17.7 Å². The van der Waals surface area contributed by atoms with Crippen molar-refractivity contribution in [1.82, 2.24) is 0 Å². The molecule has 120 valence electrons. The molecule has 2 aromatic rings. The van der Waals surface area contributed by atoms with Gasteiger partial charge in [-0.15, -0.1) is 0 Å². The lowest BCUT2D eigenvalue weighted by Gasteiger charge is -2.10. The van der Waals surface area contributed by atoms with Gasteiger partial charge in [-0.05, 0) is 35.8 Å². The van der Waals surface area contributed by atoms with E-state index in [-0.39, 0.29) is 5.91 Å². The molecular weight excluding hydrogens is 290 g/mol. The number of rotatable bonds is 6. The fourth-order valence-electron chi connectivity index (χ4n) is 2.11. The molecule has 0 spiro atoms. The molecule has 0 aliphatic carbocycles. The summed E-state index contributed by atoms with van der Waals surface area (Å²) in [6, 6.07) is 13.4. The van der Waals surface area contributed by atoms with Gasteiger partial charge in [0, 0.05) is 12.1 Å². The Morgan fingerprint density at radius 1 is 1.09 bits per heavy atom. The van der Waals surface area contributed by atoms with Crippen LogP contribution in [0.2, 0.25) is 0 Å². The van der Waals surface area contributed by atoms with Gasteiger partial charge in [0.15, 0.2) is 0 Å². The summed E-state index contributed by atoms with van der Waals surface area (Å²) in [4.78, 5) is 12.0. The zero-order valence-electron chi connectivity index (χ0n) is 13.6. The molecule has 0 aromatic heterocycles. The number of nitrogens with one attached hydrogen (secondary N) is 1. The second-order valence-corrected chi connectivity index (χ2v) is 4.98. The Morgan fingerprint density at radius 3 is 2.43 bits per heavy atom. The van der Waals surface area contributed by atoms with Crippen LogP contribution in [0.15, 0.2) is 48.5 Å². The first-order valence-electron chi connectivity index (χ1n) is 7.46. The summed E-state index contributed by atoms with van der Waals surface area (Å²) >= 11 is 0. The smallest absolute Gasteiger partial charge is 0.248 e. The number of carbonyl (C=O) groups is 1. The Kier molecular flexibility index (Phi) is 5.80. The van der Waals surface area contributed by atoms with Gasteiger partial charge in [-0.1, -0.05) is 31.2 Å². The zero-order valence-corrected chi connectivity index (χ0v) is 13.6. The number of amides is 1. The van der Waals surface area contributed by atoms with Crippen LogP contribution >= 0.6 is 0 Å². The number of aryl methyl sites for hydroxylation is 1. The summed E-state index contributed by atoms with van der Waals surface area (Å²) in [6.45, 7) is 2.11. The van der Waals surface area contributed by atoms with Crippen LogP contribution < -0.4 is 14.8 Å². The third-order valence-corrected chi connectivity index (χ3v) is 3.48. The molecular formula is C19H21NO3. The largest absolute Gasteiger partial charge is 0.497 e. The minimum absolute atomic E-state index is 0.215. The average molecular weight is 311 g/mol. The van der Waals surface area contributed by atoms with Crippen LogP contribution in [0.3, 0.4) is 0 Å². The first-order chi connectivity index (χ1) is 11.2. The molecule has 23 heavy (non-hydrogen) atoms. The quantitative estimate of drug-likeness (QED) is 0.823. The molecule has 0 saturated carbocycles. The summed E-state index contributed by atoms with van der Waals surface area (Å²) in [7, 11) is 3.13. The molecule has 0 bridgehead atoms. The maximum atomic E-state index is 12.0. The number of carbonyl (C=O) groups excluding carboxylic acids is 1. The molecule has 0 fully saturated rings. The molecule has 0 unspecified atom stereocenters. The van der Waals surface area contributed by atoms with E-state index >= 15 is 0 Å². The summed E-state index contributed by atoms with van der Waals surface area (Å²) in [5.41, 5.74) is 2.86. The maximum absolute atomic E-state index is 12.0. The van der Waals surface area contributed by atoms with Crippen molar-refractivity contribution in [2.45, 2.75) is 13.3 Å². The lowest BCUT2D eigenvalue weighted by atomic mass is 10.1. The monoisotopic (exact) mass is 311 g/mol. The highest BCUT2D eigenvalue weighted by Gasteiger charge is 2.07. The molecule has 0 aliphatic rings. The third kappa shape index (κ3) is 4.61. The number of ether oxygens (including phenoxy) is 2. The SMILES string of the molecule is CCc1ccc(/C=C/C(=O)Nc2ccc(OC)cc2OC)cc1. The van der Waals surface area contributed by atoms with E-state index in [0.717, 1.165) is 12.0 Å². The molecule has 0 radical (unpaired) electrons. The van der Waals surface area contributed by atoms with Crippen LogP contribution in [0, 0.1) is 0 Å². The Bertz CT molecular complexity index is 690. The minimum atomic E-state index is -0.215. The van der Waals surface area contributed by atoms with Gasteiger partial charge in [0.2, 0.25) is 5.91 Å². The number of hydrogen-bond donors (Lipinski definition) is 1. The number of methoxy groups -OCH3 is 2. The van der Waals surface area contributed by atoms with Crippen molar-refractivity contribution in [2.75, 3.05) is 19.5 Å². The summed E-state index contributed by atoms with van der Waals surface area (Å²) in [6.07, 6.45) is 4.29. The average Bonchev–Trinajstić information content (AvgIpc) is 2.60. The van der Waals surface area contributed by atoms with Gasteiger partial charge >= 0.3 is 0 Å². The first kappa shape index (κ1) is 16.6. The lowest BCUT2D eigenvalue weighted by molar-refractivity contribution is -0.111. The van der Waals surface area contributed by atoms with Crippen LogP contribution in [-0.4, -0.2) is 20.1 Å². The van der Waals surface area contributed by atoms with Gasteiger partial charge in [-0.3, -0.25) is 4.79 Å². The predicted molar refractivity (Wildman–Crippen MR) is 93.0 cm³/mol. The lowest BCUT2D eigenvalue weighted by Crippen LogP contribution is -2.09. The van der Waals surface area contributed by atoms with Crippen molar-refractivity contribution < 1.29 is 14.3 Å². The summed E-state index contributed by atoms with van der Waals surface area (Å²) < 4.78 is 10.4. The van der Waals surface area contributed by atoms with E-state index < -0.39 is 0 Å². The zero-order chi connectivity index (χ0) is 16.7. The molecule has 4 nitrogen and oxygen atoms in total. The van der Waals surface area contributed by atoms with Crippen molar-refractivity contribution in [2.24, 2.45) is 0 Å². The molecule has 0 atom stereocenters. The molecule has 1 N–H and O–H groups in total. The molecule has 0 saturated heterocycles. The molecule has 1 amide bonds. The standard InChI is InChI=1S/C19H21NO3/c1-4-14-5-7-15(8-6-14)9-12-19(21)20-17-11-10-16(22-2)13-18(17)23-3/h5-13H,4H2,1-3H3,(H,20,21)/b12-9+. The normalized spacial score (nSPS) is 10.6. The Morgan fingerprint density at radius 2 is 1.83 bits per heavy atom. The van der Waals surface area contributed by atoms with Crippen molar-refractivity contribution in [3.8, 4) is 11.5 Å². The van der Waals surface area contributed by atoms with E-state index in [1.165, 1.54) is 11.6 Å². The third-order valence-electron chi connectivity index (χ3n) is 3.48. The Hall–Kier alpha value is -2.75. The van der Waals surface area contributed by atoms with Gasteiger partial charge in [-0.2, -0.15) is 0 Å². The van der Waals surface area contributed by atoms with E-state index in [9.17, 15) is 4.79 Å². The number of hydrogen-bond acceptors (Lipinski definition) is 3. The molecule has 4 heteroatoms. The van der Waals surface area contributed by atoms with E-state index in [1.54, 1.807) is 38.5 Å². The molecule has 2 rings (SSSR count). The fraction of sp³-hybridized carbons (Fsp3) is 0.211. The van der Waals surface area contributed by atoms with Gasteiger partial charge in [0.25, 0.3) is 0 Å². The van der Waals surface area contributed by atoms with Gasteiger partial charge < -0.3 is 14.8 Å². The predicted octanol–water partition coefficient (Wildman–Crippen LogP) is 3.92. The highest BCUT2D eigenvalue weighted by Crippen LogP contribution is 2.28. The van der Waals surface area contributed by atoms with Crippen LogP contribution in [0.5, 0.6) is 11.5 Å². The van der Waals surface area contributed by atoms with E-state index in [2.05, 4.69) is 24.4 Å².